The third-order valence-electron chi connectivity index (χ3n) is 3.94. The molecule has 0 bridgehead atoms. The second-order valence-corrected chi connectivity index (χ2v) is 5.98. The van der Waals surface area contributed by atoms with Crippen LogP contribution in [0.1, 0.15) is 12.5 Å². The van der Waals surface area contributed by atoms with Crippen LogP contribution in [0.25, 0.3) is 11.3 Å². The SMILES string of the molecule is CCOC(=O)Cn1cnc(-c2ccccc2Nc2ccc(C(F)(F)F)cc2)c1. The minimum atomic E-state index is -4.37. The number of anilines is 2. The van der Waals surface area contributed by atoms with Gasteiger partial charge in [0.2, 0.25) is 0 Å². The monoisotopic (exact) mass is 389 g/mol. The fourth-order valence-corrected chi connectivity index (χ4v) is 2.65. The van der Waals surface area contributed by atoms with Crippen LogP contribution in [0.5, 0.6) is 0 Å². The Balaban J connectivity index is 1.80. The molecule has 0 radical (unpaired) electrons. The lowest BCUT2D eigenvalue weighted by Crippen LogP contribution is -2.11. The van der Waals surface area contributed by atoms with Crippen LogP contribution in [0, 0.1) is 0 Å². The van der Waals surface area contributed by atoms with E-state index in [1.54, 1.807) is 23.8 Å². The number of rotatable bonds is 6. The average Bonchev–Trinajstić information content (AvgIpc) is 3.10. The molecule has 0 saturated carbocycles. The van der Waals surface area contributed by atoms with Gasteiger partial charge in [0.15, 0.2) is 0 Å². The highest BCUT2D eigenvalue weighted by molar-refractivity contribution is 5.79. The number of nitrogens with one attached hydrogen (secondary N) is 1. The molecule has 0 atom stereocenters. The number of hydrogen-bond acceptors (Lipinski definition) is 4. The predicted molar refractivity (Wildman–Crippen MR) is 99.0 cm³/mol. The van der Waals surface area contributed by atoms with Crippen molar-refractivity contribution in [2.75, 3.05) is 11.9 Å². The number of nitrogens with zero attached hydrogens (tertiary/aromatic N) is 2. The van der Waals surface area contributed by atoms with Gasteiger partial charge in [0.1, 0.15) is 6.54 Å². The van der Waals surface area contributed by atoms with Crippen LogP contribution in [-0.4, -0.2) is 22.1 Å². The van der Waals surface area contributed by atoms with E-state index in [1.165, 1.54) is 18.5 Å². The van der Waals surface area contributed by atoms with Gasteiger partial charge in [0.05, 0.1) is 24.2 Å². The molecule has 8 heteroatoms. The molecule has 146 valence electrons. The first-order chi connectivity index (χ1) is 13.4. The van der Waals surface area contributed by atoms with Crippen LogP contribution < -0.4 is 5.32 Å². The Morgan fingerprint density at radius 1 is 1.14 bits per heavy atom. The van der Waals surface area contributed by atoms with E-state index in [1.807, 2.05) is 18.2 Å². The molecule has 0 unspecified atom stereocenters. The van der Waals surface area contributed by atoms with Crippen molar-refractivity contribution in [3.05, 3.63) is 66.6 Å². The molecule has 1 N–H and O–H groups in total. The van der Waals surface area contributed by atoms with Gasteiger partial charge in [-0.15, -0.1) is 0 Å². The van der Waals surface area contributed by atoms with Crippen LogP contribution in [0.15, 0.2) is 61.1 Å². The van der Waals surface area contributed by atoms with Crippen LogP contribution >= 0.6 is 0 Å². The van der Waals surface area contributed by atoms with Crippen molar-refractivity contribution in [1.29, 1.82) is 0 Å². The summed E-state index contributed by atoms with van der Waals surface area (Å²) < 4.78 is 44.7. The Morgan fingerprint density at radius 2 is 1.86 bits per heavy atom. The Morgan fingerprint density at radius 3 is 2.54 bits per heavy atom. The number of halogens is 3. The van der Waals surface area contributed by atoms with Crippen LogP contribution in [0.3, 0.4) is 0 Å². The van der Waals surface area contributed by atoms with Crippen LogP contribution in [0.4, 0.5) is 24.5 Å². The smallest absolute Gasteiger partial charge is 0.416 e. The van der Waals surface area contributed by atoms with Gasteiger partial charge in [-0.05, 0) is 37.3 Å². The number of ether oxygens (including phenoxy) is 1. The van der Waals surface area contributed by atoms with Crippen molar-refractivity contribution in [2.24, 2.45) is 0 Å². The Kier molecular flexibility index (Phi) is 5.67. The maximum Gasteiger partial charge on any atom is 0.416 e. The van der Waals surface area contributed by atoms with Gasteiger partial charge < -0.3 is 14.6 Å². The standard InChI is InChI=1S/C20H18F3N3O2/c1-2-28-19(27)12-26-11-18(24-13-26)16-5-3-4-6-17(16)25-15-9-7-14(8-10-15)20(21,22)23/h3-11,13,25H,2,12H2,1H3. The minimum absolute atomic E-state index is 0.0509. The van der Waals surface area contributed by atoms with Gasteiger partial charge in [-0.2, -0.15) is 13.2 Å². The summed E-state index contributed by atoms with van der Waals surface area (Å²) in [5, 5.41) is 3.11. The molecule has 3 aromatic rings. The van der Waals surface area contributed by atoms with Gasteiger partial charge in [-0.1, -0.05) is 18.2 Å². The fraction of sp³-hybridized carbons (Fsp3) is 0.200. The van der Waals surface area contributed by atoms with Crippen LogP contribution in [0.2, 0.25) is 0 Å². The Labute approximate surface area is 159 Å². The summed E-state index contributed by atoms with van der Waals surface area (Å²) in [4.78, 5) is 15.9. The maximum atomic E-state index is 12.7. The molecule has 28 heavy (non-hydrogen) atoms. The molecule has 2 aromatic carbocycles. The third kappa shape index (κ3) is 4.70. The maximum absolute atomic E-state index is 12.7. The van der Waals surface area contributed by atoms with Crippen molar-refractivity contribution < 1.29 is 22.7 Å². The molecule has 1 aromatic heterocycles. The largest absolute Gasteiger partial charge is 0.465 e. The summed E-state index contributed by atoms with van der Waals surface area (Å²) >= 11 is 0. The topological polar surface area (TPSA) is 56.2 Å². The quantitative estimate of drug-likeness (QED) is 0.611. The number of benzene rings is 2. The van der Waals surface area contributed by atoms with Gasteiger partial charge in [0, 0.05) is 23.1 Å². The first-order valence-corrected chi connectivity index (χ1v) is 8.58. The first kappa shape index (κ1) is 19.5. The van der Waals surface area contributed by atoms with Crippen molar-refractivity contribution in [3.63, 3.8) is 0 Å². The number of aromatic nitrogens is 2. The van der Waals surface area contributed by atoms with Crippen LogP contribution in [-0.2, 0) is 22.3 Å². The lowest BCUT2D eigenvalue weighted by Gasteiger charge is -2.12. The summed E-state index contributed by atoms with van der Waals surface area (Å²) in [6, 6.07) is 12.1. The van der Waals surface area contributed by atoms with E-state index in [0.717, 1.165) is 17.7 Å². The average molecular weight is 389 g/mol. The number of esters is 1. The summed E-state index contributed by atoms with van der Waals surface area (Å²) in [5.41, 5.74) is 1.88. The third-order valence-corrected chi connectivity index (χ3v) is 3.94. The molecule has 1 heterocycles. The summed E-state index contributed by atoms with van der Waals surface area (Å²) in [7, 11) is 0. The minimum Gasteiger partial charge on any atom is -0.465 e. The van der Waals surface area contributed by atoms with Gasteiger partial charge in [0.25, 0.3) is 0 Å². The second-order valence-electron chi connectivity index (χ2n) is 5.98. The molecular weight excluding hydrogens is 371 g/mol. The number of carbonyl (C=O) groups is 1. The van der Waals surface area contributed by atoms with E-state index in [2.05, 4.69) is 10.3 Å². The summed E-state index contributed by atoms with van der Waals surface area (Å²) in [5.74, 6) is -0.359. The van der Waals surface area contributed by atoms with Gasteiger partial charge in [-0.3, -0.25) is 4.79 Å². The van der Waals surface area contributed by atoms with E-state index < -0.39 is 11.7 Å². The van der Waals surface area contributed by atoms with Crippen molar-refractivity contribution in [2.45, 2.75) is 19.6 Å². The lowest BCUT2D eigenvalue weighted by atomic mass is 10.1. The molecule has 0 aliphatic rings. The summed E-state index contributed by atoms with van der Waals surface area (Å²) in [6.45, 7) is 2.09. The molecule has 3 rings (SSSR count). The molecule has 0 aliphatic heterocycles. The Bertz CT molecular complexity index is 950. The highest BCUT2D eigenvalue weighted by Crippen LogP contribution is 2.32. The molecule has 0 amide bonds. The predicted octanol–water partition coefficient (Wildman–Crippen LogP) is 4.88. The van der Waals surface area contributed by atoms with E-state index >= 15 is 0 Å². The number of carbonyl (C=O) groups excluding carboxylic acids is 1. The van der Waals surface area contributed by atoms with Gasteiger partial charge in [-0.25, -0.2) is 4.98 Å². The molecule has 5 nitrogen and oxygen atoms in total. The van der Waals surface area contributed by atoms with E-state index in [9.17, 15) is 18.0 Å². The van der Waals surface area contributed by atoms with E-state index in [0.29, 0.717) is 23.7 Å². The van der Waals surface area contributed by atoms with Crippen molar-refractivity contribution in [1.82, 2.24) is 9.55 Å². The van der Waals surface area contributed by atoms with E-state index in [-0.39, 0.29) is 12.5 Å². The van der Waals surface area contributed by atoms with Crippen molar-refractivity contribution >= 4 is 17.3 Å². The highest BCUT2D eigenvalue weighted by Gasteiger charge is 2.29. The number of alkyl halides is 3. The molecule has 0 fully saturated rings. The number of para-hydroxylation sites is 1. The second kappa shape index (κ2) is 8.16. The molecular formula is C20H18F3N3O2. The van der Waals surface area contributed by atoms with E-state index in [4.69, 9.17) is 4.74 Å². The zero-order valence-corrected chi connectivity index (χ0v) is 15.0. The lowest BCUT2D eigenvalue weighted by molar-refractivity contribution is -0.143. The fourth-order valence-electron chi connectivity index (χ4n) is 2.65. The molecule has 0 spiro atoms. The number of imidazole rings is 1. The molecule has 0 aliphatic carbocycles. The highest BCUT2D eigenvalue weighted by atomic mass is 19.4. The van der Waals surface area contributed by atoms with Crippen molar-refractivity contribution in [3.8, 4) is 11.3 Å². The summed E-state index contributed by atoms with van der Waals surface area (Å²) in [6.07, 6.45) is -1.13. The zero-order chi connectivity index (χ0) is 20.1. The zero-order valence-electron chi connectivity index (χ0n) is 15.0. The molecule has 0 saturated heterocycles. The number of hydrogen-bond donors (Lipinski definition) is 1. The normalized spacial score (nSPS) is 11.3. The van der Waals surface area contributed by atoms with Gasteiger partial charge >= 0.3 is 12.1 Å². The Hall–Kier alpha value is -3.29. The first-order valence-electron chi connectivity index (χ1n) is 8.58.